The van der Waals surface area contributed by atoms with E-state index in [1.807, 2.05) is 0 Å². The largest absolute Gasteiger partial charge is 0.511 e. The molecule has 0 aromatic heterocycles. The van der Waals surface area contributed by atoms with Crippen molar-refractivity contribution >= 4 is 10.0 Å². The van der Waals surface area contributed by atoms with Gasteiger partial charge in [-0.3, -0.25) is 0 Å². The van der Waals surface area contributed by atoms with Crippen LogP contribution < -0.4 is 10.5 Å². The fourth-order valence-electron chi connectivity index (χ4n) is 0.911. The SMILES string of the molecule is NCCCCCCNS(=O)(=O)C(F)(F)F. The number of unbranched alkanes of at least 4 members (excludes halogenated alkanes) is 3. The molecule has 4 nitrogen and oxygen atoms in total. The number of hydrogen-bond acceptors (Lipinski definition) is 3. The molecule has 8 heteroatoms. The number of hydrogen-bond donors (Lipinski definition) is 2. The van der Waals surface area contributed by atoms with Crippen molar-refractivity contribution in [3.8, 4) is 0 Å². The fourth-order valence-corrected chi connectivity index (χ4v) is 1.49. The van der Waals surface area contributed by atoms with Gasteiger partial charge in [0.05, 0.1) is 0 Å². The Bertz CT molecular complexity index is 264. The molecule has 0 aliphatic heterocycles. The van der Waals surface area contributed by atoms with Crippen molar-refractivity contribution in [3.63, 3.8) is 0 Å². The zero-order chi connectivity index (χ0) is 11.9. The van der Waals surface area contributed by atoms with Gasteiger partial charge in [0, 0.05) is 6.54 Å². The van der Waals surface area contributed by atoms with Gasteiger partial charge in [0.1, 0.15) is 0 Å². The fraction of sp³-hybridized carbons (Fsp3) is 1.00. The molecular formula is C7H15F3N2O2S. The molecule has 92 valence electrons. The van der Waals surface area contributed by atoms with Crippen LogP contribution in [0.4, 0.5) is 13.2 Å². The molecule has 0 rings (SSSR count). The molecule has 3 N–H and O–H groups in total. The quantitative estimate of drug-likeness (QED) is 0.659. The predicted molar refractivity (Wildman–Crippen MR) is 50.5 cm³/mol. The Morgan fingerprint density at radius 2 is 1.60 bits per heavy atom. The lowest BCUT2D eigenvalue weighted by molar-refractivity contribution is -0.0447. The lowest BCUT2D eigenvalue weighted by Gasteiger charge is -2.08. The Morgan fingerprint density at radius 3 is 2.07 bits per heavy atom. The molecule has 0 heterocycles. The van der Waals surface area contributed by atoms with Crippen LogP contribution in [0, 0.1) is 0 Å². The van der Waals surface area contributed by atoms with E-state index in [1.54, 1.807) is 0 Å². The molecule has 15 heavy (non-hydrogen) atoms. The molecule has 0 spiro atoms. The normalized spacial score (nSPS) is 13.1. The van der Waals surface area contributed by atoms with Crippen LogP contribution in [0.2, 0.25) is 0 Å². The number of sulfonamides is 1. The maximum Gasteiger partial charge on any atom is 0.511 e. The zero-order valence-corrected chi connectivity index (χ0v) is 9.00. The van der Waals surface area contributed by atoms with E-state index in [2.05, 4.69) is 0 Å². The number of halogens is 3. The standard InChI is InChI=1S/C7H15F3N2O2S/c8-7(9,10)15(13,14)12-6-4-2-1-3-5-11/h12H,1-6,11H2. The van der Waals surface area contributed by atoms with Crippen LogP contribution in [0.5, 0.6) is 0 Å². The highest BCUT2D eigenvalue weighted by Gasteiger charge is 2.45. The van der Waals surface area contributed by atoms with Gasteiger partial charge in [0.15, 0.2) is 0 Å². The van der Waals surface area contributed by atoms with E-state index in [0.29, 0.717) is 19.4 Å². The molecule has 0 bridgehead atoms. The van der Waals surface area contributed by atoms with Crippen molar-refractivity contribution in [3.05, 3.63) is 0 Å². The Labute approximate surface area is 87.1 Å². The van der Waals surface area contributed by atoms with Crippen LogP contribution in [0.15, 0.2) is 0 Å². The average molecular weight is 248 g/mol. The molecule has 0 radical (unpaired) electrons. The summed E-state index contributed by atoms with van der Waals surface area (Å²) < 4.78 is 57.9. The minimum absolute atomic E-state index is 0.188. The van der Waals surface area contributed by atoms with Crippen LogP contribution in [0.1, 0.15) is 25.7 Å². The summed E-state index contributed by atoms with van der Waals surface area (Å²) in [5.74, 6) is 0. The first-order valence-electron chi connectivity index (χ1n) is 4.57. The van der Waals surface area contributed by atoms with E-state index in [4.69, 9.17) is 5.73 Å². The molecular weight excluding hydrogens is 233 g/mol. The molecule has 0 unspecified atom stereocenters. The summed E-state index contributed by atoms with van der Waals surface area (Å²) in [6.45, 7) is 0.348. The summed E-state index contributed by atoms with van der Waals surface area (Å²) in [7, 11) is -5.17. The molecule has 0 amide bonds. The van der Waals surface area contributed by atoms with Crippen molar-refractivity contribution < 1.29 is 21.6 Å². The van der Waals surface area contributed by atoms with Crippen molar-refractivity contribution in [2.24, 2.45) is 5.73 Å². The Balaban J connectivity index is 3.69. The van der Waals surface area contributed by atoms with Crippen molar-refractivity contribution in [1.29, 1.82) is 0 Å². The van der Waals surface area contributed by atoms with Crippen LogP contribution in [-0.4, -0.2) is 27.0 Å². The molecule has 0 atom stereocenters. The van der Waals surface area contributed by atoms with E-state index in [1.165, 1.54) is 4.72 Å². The monoisotopic (exact) mass is 248 g/mol. The average Bonchev–Trinajstić information content (AvgIpc) is 2.09. The first kappa shape index (κ1) is 14.7. The minimum atomic E-state index is -5.22. The smallest absolute Gasteiger partial charge is 0.330 e. The predicted octanol–water partition coefficient (Wildman–Crippen LogP) is 0.945. The first-order chi connectivity index (χ1) is 6.81. The van der Waals surface area contributed by atoms with Crippen LogP contribution in [0.25, 0.3) is 0 Å². The zero-order valence-electron chi connectivity index (χ0n) is 8.18. The van der Waals surface area contributed by atoms with Crippen molar-refractivity contribution in [2.45, 2.75) is 31.2 Å². The number of nitrogens with two attached hydrogens (primary N) is 1. The van der Waals surface area contributed by atoms with Gasteiger partial charge >= 0.3 is 15.5 Å². The van der Waals surface area contributed by atoms with Gasteiger partial charge < -0.3 is 5.73 Å². The van der Waals surface area contributed by atoms with Gasteiger partial charge in [0.25, 0.3) is 0 Å². The maximum atomic E-state index is 11.8. The third-order valence-electron chi connectivity index (χ3n) is 1.73. The number of nitrogens with one attached hydrogen (secondary N) is 1. The molecule has 0 saturated carbocycles. The summed E-state index contributed by atoms with van der Waals surface area (Å²) in [6.07, 6.45) is 2.64. The molecule has 0 fully saturated rings. The molecule has 0 aromatic carbocycles. The number of alkyl halides is 3. The van der Waals surface area contributed by atoms with Crippen LogP contribution in [0.3, 0.4) is 0 Å². The van der Waals surface area contributed by atoms with Crippen LogP contribution in [-0.2, 0) is 10.0 Å². The highest BCUT2D eigenvalue weighted by molar-refractivity contribution is 7.90. The van der Waals surface area contributed by atoms with Gasteiger partial charge in [-0.2, -0.15) is 13.2 Å². The van der Waals surface area contributed by atoms with Gasteiger partial charge in [0.2, 0.25) is 0 Å². The lowest BCUT2D eigenvalue weighted by Crippen LogP contribution is -2.36. The summed E-state index contributed by atoms with van der Waals surface area (Å²) >= 11 is 0. The summed E-state index contributed by atoms with van der Waals surface area (Å²) in [4.78, 5) is 0. The van der Waals surface area contributed by atoms with E-state index in [-0.39, 0.29) is 6.54 Å². The second kappa shape index (κ2) is 6.29. The molecule has 0 saturated heterocycles. The van der Waals surface area contributed by atoms with E-state index in [0.717, 1.165) is 12.8 Å². The molecule has 0 aliphatic carbocycles. The van der Waals surface area contributed by atoms with Crippen molar-refractivity contribution in [2.75, 3.05) is 13.1 Å². The highest BCUT2D eigenvalue weighted by Crippen LogP contribution is 2.21. The van der Waals surface area contributed by atoms with Gasteiger partial charge in [-0.25, -0.2) is 13.1 Å². The second-order valence-electron chi connectivity index (χ2n) is 3.05. The Hall–Kier alpha value is -0.340. The van der Waals surface area contributed by atoms with Crippen LogP contribution >= 0.6 is 0 Å². The first-order valence-corrected chi connectivity index (χ1v) is 6.05. The molecule has 0 aromatic rings. The van der Waals surface area contributed by atoms with E-state index >= 15 is 0 Å². The third kappa shape index (κ3) is 5.95. The topological polar surface area (TPSA) is 72.2 Å². The summed E-state index contributed by atoms with van der Waals surface area (Å²) in [5.41, 5.74) is -0.00868. The summed E-state index contributed by atoms with van der Waals surface area (Å²) in [5, 5.41) is 0. The van der Waals surface area contributed by atoms with E-state index < -0.39 is 15.5 Å². The maximum absolute atomic E-state index is 11.8. The lowest BCUT2D eigenvalue weighted by atomic mass is 10.2. The Kier molecular flexibility index (Phi) is 6.15. The van der Waals surface area contributed by atoms with Gasteiger partial charge in [-0.05, 0) is 19.4 Å². The number of rotatable bonds is 7. The van der Waals surface area contributed by atoms with Gasteiger partial charge in [-0.15, -0.1) is 0 Å². The Morgan fingerprint density at radius 1 is 1.07 bits per heavy atom. The van der Waals surface area contributed by atoms with E-state index in [9.17, 15) is 21.6 Å². The highest BCUT2D eigenvalue weighted by atomic mass is 32.2. The van der Waals surface area contributed by atoms with Gasteiger partial charge in [-0.1, -0.05) is 12.8 Å². The second-order valence-corrected chi connectivity index (χ2v) is 4.80. The molecule has 0 aliphatic rings. The van der Waals surface area contributed by atoms with Crippen molar-refractivity contribution in [1.82, 2.24) is 4.72 Å². The minimum Gasteiger partial charge on any atom is -0.330 e. The third-order valence-corrected chi connectivity index (χ3v) is 2.92. The summed E-state index contributed by atoms with van der Waals surface area (Å²) in [6, 6.07) is 0.